The molecule has 2 rings (SSSR count). The molecule has 0 aliphatic rings. The van der Waals surface area contributed by atoms with E-state index in [0.29, 0.717) is 17.1 Å². The third-order valence-electron chi connectivity index (χ3n) is 2.74. The maximum atomic E-state index is 12.2. The fraction of sp³-hybridized carbons (Fsp3) is 0.385. The summed E-state index contributed by atoms with van der Waals surface area (Å²) >= 11 is 1.44. The number of nitrogens with zero attached hydrogens (tertiary/aromatic N) is 2. The maximum absolute atomic E-state index is 12.2. The molecule has 0 aliphatic heterocycles. The lowest BCUT2D eigenvalue weighted by Gasteiger charge is -2.03. The zero-order chi connectivity index (χ0) is 15.1. The summed E-state index contributed by atoms with van der Waals surface area (Å²) in [5, 5.41) is 12.5. The van der Waals surface area contributed by atoms with E-state index in [1.165, 1.54) is 11.3 Å². The van der Waals surface area contributed by atoms with E-state index >= 15 is 0 Å². The molecule has 0 aromatic carbocycles. The van der Waals surface area contributed by atoms with Crippen LogP contribution in [0.4, 0.5) is 0 Å². The molecule has 0 amide bonds. The Morgan fingerprint density at radius 2 is 2.19 bits per heavy atom. The molecule has 8 heteroatoms. The predicted octanol–water partition coefficient (Wildman–Crippen LogP) is 1.52. The molecule has 21 heavy (non-hydrogen) atoms. The number of rotatable bonds is 8. The highest BCUT2D eigenvalue weighted by Gasteiger charge is 2.16. The average Bonchev–Trinajstić information content (AvgIpc) is 2.96. The third kappa shape index (κ3) is 4.85. The molecule has 114 valence electrons. The van der Waals surface area contributed by atoms with Crippen molar-refractivity contribution in [2.24, 2.45) is 0 Å². The van der Waals surface area contributed by atoms with Crippen molar-refractivity contribution in [2.75, 3.05) is 6.54 Å². The Labute approximate surface area is 128 Å². The summed E-state index contributed by atoms with van der Waals surface area (Å²) in [7, 11) is -3.50. The topological polar surface area (TPSA) is 84.0 Å². The fourth-order valence-corrected chi connectivity index (χ4v) is 3.91. The number of aromatic nitrogens is 2. The van der Waals surface area contributed by atoms with Crippen molar-refractivity contribution in [3.63, 3.8) is 0 Å². The van der Waals surface area contributed by atoms with Crippen LogP contribution < -0.4 is 10.0 Å². The van der Waals surface area contributed by atoms with E-state index in [2.05, 4.69) is 27.2 Å². The van der Waals surface area contributed by atoms with Gasteiger partial charge in [-0.2, -0.15) is 10.2 Å². The van der Waals surface area contributed by atoms with Gasteiger partial charge >= 0.3 is 0 Å². The quantitative estimate of drug-likeness (QED) is 0.719. The second-order valence-electron chi connectivity index (χ2n) is 4.47. The smallest absolute Gasteiger partial charge is 0.241 e. The molecule has 2 aromatic heterocycles. The molecule has 0 saturated heterocycles. The number of sulfonamides is 1. The van der Waals surface area contributed by atoms with Crippen molar-refractivity contribution in [1.82, 2.24) is 20.2 Å². The van der Waals surface area contributed by atoms with E-state index in [4.69, 9.17) is 0 Å². The molecule has 2 heterocycles. The number of hydrogen-bond donors (Lipinski definition) is 2. The molecule has 0 unspecified atom stereocenters. The molecule has 0 fully saturated rings. The standard InChI is InChI=1S/C13H18N4O2S2/c1-2-5-14-9-12-7-13(10-20-12)21(18,19)16-8-11-4-3-6-15-17-11/h3-4,6-7,10,14,16H,2,5,8-9H2,1H3. The molecule has 0 radical (unpaired) electrons. The summed E-state index contributed by atoms with van der Waals surface area (Å²) in [6.45, 7) is 3.84. The molecule has 0 atom stereocenters. The highest BCUT2D eigenvalue weighted by molar-refractivity contribution is 7.89. The van der Waals surface area contributed by atoms with Gasteiger partial charge in [-0.1, -0.05) is 6.92 Å². The van der Waals surface area contributed by atoms with Gasteiger partial charge in [0, 0.05) is 23.0 Å². The lowest BCUT2D eigenvalue weighted by molar-refractivity contribution is 0.580. The van der Waals surface area contributed by atoms with Crippen LogP contribution in [0.1, 0.15) is 23.9 Å². The van der Waals surface area contributed by atoms with Crippen LogP contribution in [-0.2, 0) is 23.1 Å². The van der Waals surface area contributed by atoms with Crippen LogP contribution in [0.2, 0.25) is 0 Å². The molecule has 0 bridgehead atoms. The van der Waals surface area contributed by atoms with Gasteiger partial charge in [-0.15, -0.1) is 11.3 Å². The Kier molecular flexibility index (Phi) is 5.80. The fourth-order valence-electron chi connectivity index (χ4n) is 1.66. The zero-order valence-electron chi connectivity index (χ0n) is 11.7. The first-order valence-corrected chi connectivity index (χ1v) is 9.02. The van der Waals surface area contributed by atoms with Crippen molar-refractivity contribution in [1.29, 1.82) is 0 Å². The van der Waals surface area contributed by atoms with Gasteiger partial charge in [-0.3, -0.25) is 0 Å². The Bertz CT molecular complexity index is 656. The lowest BCUT2D eigenvalue weighted by Crippen LogP contribution is -2.23. The molecule has 2 aromatic rings. The van der Waals surface area contributed by atoms with Gasteiger partial charge in [0.05, 0.1) is 17.1 Å². The third-order valence-corrected chi connectivity index (χ3v) is 5.20. The van der Waals surface area contributed by atoms with E-state index in [0.717, 1.165) is 17.8 Å². The maximum Gasteiger partial charge on any atom is 0.241 e. The number of hydrogen-bond acceptors (Lipinski definition) is 6. The summed E-state index contributed by atoms with van der Waals surface area (Å²) < 4.78 is 26.9. The van der Waals surface area contributed by atoms with Crippen LogP contribution in [0, 0.1) is 0 Å². The molecule has 0 spiro atoms. The molecule has 6 nitrogen and oxygen atoms in total. The summed E-state index contributed by atoms with van der Waals surface area (Å²) in [5.74, 6) is 0. The molecular weight excluding hydrogens is 308 g/mol. The second kappa shape index (κ2) is 7.60. The van der Waals surface area contributed by atoms with Crippen LogP contribution in [0.5, 0.6) is 0 Å². The minimum Gasteiger partial charge on any atom is -0.312 e. The summed E-state index contributed by atoms with van der Waals surface area (Å²) in [4.78, 5) is 1.30. The Morgan fingerprint density at radius 1 is 1.33 bits per heavy atom. The first kappa shape index (κ1) is 16.0. The first-order valence-electron chi connectivity index (χ1n) is 6.66. The highest BCUT2D eigenvalue weighted by Crippen LogP contribution is 2.19. The lowest BCUT2D eigenvalue weighted by atomic mass is 10.4. The van der Waals surface area contributed by atoms with Gasteiger partial charge in [-0.25, -0.2) is 13.1 Å². The van der Waals surface area contributed by atoms with Gasteiger partial charge in [0.25, 0.3) is 0 Å². The van der Waals surface area contributed by atoms with E-state index in [1.54, 1.807) is 29.8 Å². The number of nitrogens with one attached hydrogen (secondary N) is 2. The Balaban J connectivity index is 1.96. The van der Waals surface area contributed by atoms with Gasteiger partial charge in [0.1, 0.15) is 0 Å². The van der Waals surface area contributed by atoms with E-state index in [1.807, 2.05) is 0 Å². The van der Waals surface area contributed by atoms with Crippen molar-refractivity contribution in [3.8, 4) is 0 Å². The SMILES string of the molecule is CCCNCc1cc(S(=O)(=O)NCc2cccnn2)cs1. The minimum atomic E-state index is -3.50. The van der Waals surface area contributed by atoms with Gasteiger partial charge in [0.2, 0.25) is 10.0 Å². The summed E-state index contributed by atoms with van der Waals surface area (Å²) in [6, 6.07) is 5.15. The average molecular weight is 326 g/mol. The zero-order valence-corrected chi connectivity index (χ0v) is 13.4. The largest absolute Gasteiger partial charge is 0.312 e. The van der Waals surface area contributed by atoms with Crippen molar-refractivity contribution >= 4 is 21.4 Å². The minimum absolute atomic E-state index is 0.134. The second-order valence-corrected chi connectivity index (χ2v) is 7.23. The van der Waals surface area contributed by atoms with Crippen LogP contribution in [0.25, 0.3) is 0 Å². The van der Waals surface area contributed by atoms with Crippen LogP contribution >= 0.6 is 11.3 Å². The predicted molar refractivity (Wildman–Crippen MR) is 82.4 cm³/mol. The molecule has 2 N–H and O–H groups in total. The number of thiophene rings is 1. The molecule has 0 aliphatic carbocycles. The van der Waals surface area contributed by atoms with Gasteiger partial charge in [0.15, 0.2) is 0 Å². The van der Waals surface area contributed by atoms with Crippen LogP contribution in [0.15, 0.2) is 34.7 Å². The van der Waals surface area contributed by atoms with Crippen LogP contribution in [0.3, 0.4) is 0 Å². The highest BCUT2D eigenvalue weighted by atomic mass is 32.2. The van der Waals surface area contributed by atoms with E-state index in [-0.39, 0.29) is 6.54 Å². The summed E-state index contributed by atoms with van der Waals surface area (Å²) in [5.41, 5.74) is 0.584. The van der Waals surface area contributed by atoms with E-state index in [9.17, 15) is 8.42 Å². The molecule has 0 saturated carbocycles. The monoisotopic (exact) mass is 326 g/mol. The van der Waals surface area contributed by atoms with Gasteiger partial charge in [-0.05, 0) is 31.2 Å². The van der Waals surface area contributed by atoms with Crippen LogP contribution in [-0.4, -0.2) is 25.2 Å². The van der Waals surface area contributed by atoms with E-state index < -0.39 is 10.0 Å². The first-order chi connectivity index (χ1) is 10.1. The normalized spacial score (nSPS) is 11.7. The van der Waals surface area contributed by atoms with Crippen molar-refractivity contribution < 1.29 is 8.42 Å². The Hall–Kier alpha value is -1.35. The van der Waals surface area contributed by atoms with Crippen molar-refractivity contribution in [2.45, 2.75) is 31.3 Å². The van der Waals surface area contributed by atoms with Crippen molar-refractivity contribution in [3.05, 3.63) is 40.3 Å². The Morgan fingerprint density at radius 3 is 2.90 bits per heavy atom. The molecular formula is C13H18N4O2S2. The summed E-state index contributed by atoms with van der Waals surface area (Å²) in [6.07, 6.45) is 2.60. The van der Waals surface area contributed by atoms with Gasteiger partial charge < -0.3 is 5.32 Å².